The Morgan fingerprint density at radius 2 is 1.92 bits per heavy atom. The molecule has 2 rings (SSSR count). The highest BCUT2D eigenvalue weighted by atomic mass is 35.5. The van der Waals surface area contributed by atoms with Crippen LogP contribution in [0.1, 0.15) is 12.5 Å². The molecule has 26 heavy (non-hydrogen) atoms. The zero-order valence-corrected chi connectivity index (χ0v) is 15.1. The molecule has 2 aromatic rings. The number of rotatable bonds is 8. The molecule has 0 bridgehead atoms. The largest absolute Gasteiger partial charge is 0.496 e. The lowest BCUT2D eigenvalue weighted by Gasteiger charge is -2.15. The van der Waals surface area contributed by atoms with Crippen molar-refractivity contribution in [3.8, 4) is 17.2 Å². The van der Waals surface area contributed by atoms with Crippen LogP contribution in [0.3, 0.4) is 0 Å². The third-order valence-electron chi connectivity index (χ3n) is 3.38. The fraction of sp³-hybridized carbons (Fsp3) is 0.278. The van der Waals surface area contributed by atoms with Gasteiger partial charge in [-0.3, -0.25) is 0 Å². The molecule has 0 aliphatic heterocycles. The molecule has 0 unspecified atom stereocenters. The van der Waals surface area contributed by atoms with E-state index in [9.17, 15) is 9.18 Å². The van der Waals surface area contributed by atoms with E-state index in [1.807, 2.05) is 0 Å². The number of nitrogens with two attached hydrogens (primary N) is 1. The molecule has 0 amide bonds. The van der Waals surface area contributed by atoms with Crippen LogP contribution in [0, 0.1) is 5.82 Å². The van der Waals surface area contributed by atoms with Crippen molar-refractivity contribution in [1.29, 1.82) is 0 Å². The zero-order valence-electron chi connectivity index (χ0n) is 14.4. The van der Waals surface area contributed by atoms with Crippen LogP contribution >= 0.6 is 11.6 Å². The van der Waals surface area contributed by atoms with Gasteiger partial charge in [0.25, 0.3) is 0 Å². The van der Waals surface area contributed by atoms with E-state index in [0.717, 1.165) is 0 Å². The first kappa shape index (κ1) is 19.7. The lowest BCUT2D eigenvalue weighted by atomic mass is 10.2. The van der Waals surface area contributed by atoms with Crippen molar-refractivity contribution in [3.63, 3.8) is 0 Å². The molecular weight excluding hydrogens is 365 g/mol. The van der Waals surface area contributed by atoms with Gasteiger partial charge in [-0.1, -0.05) is 17.7 Å². The van der Waals surface area contributed by atoms with Crippen LogP contribution in [-0.2, 0) is 16.1 Å². The number of halogens is 2. The van der Waals surface area contributed by atoms with Crippen LogP contribution in [0.25, 0.3) is 0 Å². The summed E-state index contributed by atoms with van der Waals surface area (Å²) in [6, 6.07) is 7.32. The third kappa shape index (κ3) is 4.92. The topological polar surface area (TPSA) is 80.0 Å². The minimum Gasteiger partial charge on any atom is -0.496 e. The smallest absolute Gasteiger partial charge is 0.344 e. The number of esters is 1. The molecule has 0 saturated carbocycles. The highest BCUT2D eigenvalue weighted by Crippen LogP contribution is 2.36. The molecule has 0 fully saturated rings. The van der Waals surface area contributed by atoms with Gasteiger partial charge in [0.15, 0.2) is 18.1 Å². The maximum atomic E-state index is 14.0. The van der Waals surface area contributed by atoms with E-state index in [1.54, 1.807) is 13.0 Å². The summed E-state index contributed by atoms with van der Waals surface area (Å²) >= 11 is 6.00. The fourth-order valence-corrected chi connectivity index (χ4v) is 2.29. The van der Waals surface area contributed by atoms with Crippen molar-refractivity contribution >= 4 is 23.3 Å². The number of benzene rings is 2. The van der Waals surface area contributed by atoms with E-state index in [0.29, 0.717) is 5.75 Å². The number of anilines is 1. The van der Waals surface area contributed by atoms with Gasteiger partial charge in [0.2, 0.25) is 0 Å². The number of methoxy groups -OCH3 is 1. The Hall–Kier alpha value is -2.67. The Kier molecular flexibility index (Phi) is 6.91. The zero-order chi connectivity index (χ0) is 19.1. The van der Waals surface area contributed by atoms with Crippen LogP contribution in [0.5, 0.6) is 17.2 Å². The number of ether oxygens (including phenoxy) is 4. The van der Waals surface area contributed by atoms with Crippen molar-refractivity contribution in [2.75, 3.05) is 26.1 Å². The van der Waals surface area contributed by atoms with Gasteiger partial charge < -0.3 is 24.7 Å². The Bertz CT molecular complexity index is 784. The lowest BCUT2D eigenvalue weighted by Crippen LogP contribution is -2.15. The predicted molar refractivity (Wildman–Crippen MR) is 95.3 cm³/mol. The molecule has 0 aliphatic rings. The average molecular weight is 384 g/mol. The van der Waals surface area contributed by atoms with E-state index >= 15 is 0 Å². The first-order chi connectivity index (χ1) is 12.5. The summed E-state index contributed by atoms with van der Waals surface area (Å²) < 4.78 is 35.0. The summed E-state index contributed by atoms with van der Waals surface area (Å²) in [5.74, 6) is -0.266. The Labute approximate surface area is 155 Å². The van der Waals surface area contributed by atoms with Gasteiger partial charge in [0.05, 0.1) is 30.0 Å². The average Bonchev–Trinajstić information content (AvgIpc) is 2.62. The second-order valence-corrected chi connectivity index (χ2v) is 5.53. The number of carbonyl (C=O) groups excluding carboxylic acids is 1. The number of hydrogen-bond acceptors (Lipinski definition) is 6. The second kappa shape index (κ2) is 9.15. The molecule has 0 radical (unpaired) electrons. The molecule has 0 aromatic heterocycles. The summed E-state index contributed by atoms with van der Waals surface area (Å²) in [5.41, 5.74) is 6.28. The van der Waals surface area contributed by atoms with E-state index in [1.165, 1.54) is 31.4 Å². The molecule has 2 aromatic carbocycles. The third-order valence-corrected chi connectivity index (χ3v) is 3.71. The molecular formula is C18H19ClFNO5. The number of hydrogen-bond donors (Lipinski definition) is 1. The summed E-state index contributed by atoms with van der Waals surface area (Å²) in [7, 11) is 1.44. The van der Waals surface area contributed by atoms with Crippen molar-refractivity contribution in [3.05, 3.63) is 46.7 Å². The van der Waals surface area contributed by atoms with Crippen LogP contribution in [0.15, 0.2) is 30.3 Å². The molecule has 2 N–H and O–H groups in total. The van der Waals surface area contributed by atoms with E-state index in [2.05, 4.69) is 0 Å². The fourth-order valence-electron chi connectivity index (χ4n) is 2.14. The Morgan fingerprint density at radius 3 is 2.62 bits per heavy atom. The predicted octanol–water partition coefficient (Wildman–Crippen LogP) is 3.59. The van der Waals surface area contributed by atoms with Crippen LogP contribution in [0.4, 0.5) is 10.1 Å². The molecule has 0 heterocycles. The summed E-state index contributed by atoms with van der Waals surface area (Å²) in [5, 5.41) is 0.236. The monoisotopic (exact) mass is 383 g/mol. The molecule has 0 aliphatic carbocycles. The van der Waals surface area contributed by atoms with E-state index in [-0.39, 0.29) is 47.6 Å². The SMILES string of the molecule is CCOC(=O)COc1cc(Cl)c(N)cc1OCc1c(F)cccc1OC. The van der Waals surface area contributed by atoms with E-state index < -0.39 is 11.8 Å². The summed E-state index contributed by atoms with van der Waals surface area (Å²) in [6.07, 6.45) is 0. The van der Waals surface area contributed by atoms with E-state index in [4.69, 9.17) is 36.3 Å². The van der Waals surface area contributed by atoms with Crippen LogP contribution in [0.2, 0.25) is 5.02 Å². The minimum atomic E-state index is -0.540. The summed E-state index contributed by atoms with van der Waals surface area (Å²) in [6.45, 7) is 1.47. The van der Waals surface area contributed by atoms with Crippen LogP contribution < -0.4 is 19.9 Å². The van der Waals surface area contributed by atoms with Crippen molar-refractivity contribution in [1.82, 2.24) is 0 Å². The maximum absolute atomic E-state index is 14.0. The molecule has 6 nitrogen and oxygen atoms in total. The van der Waals surface area contributed by atoms with Gasteiger partial charge in [0.1, 0.15) is 18.2 Å². The Morgan fingerprint density at radius 1 is 1.19 bits per heavy atom. The van der Waals surface area contributed by atoms with Gasteiger partial charge in [-0.05, 0) is 19.1 Å². The van der Waals surface area contributed by atoms with Gasteiger partial charge in [-0.15, -0.1) is 0 Å². The summed E-state index contributed by atoms with van der Waals surface area (Å²) in [4.78, 5) is 11.5. The van der Waals surface area contributed by atoms with Crippen LogP contribution in [-0.4, -0.2) is 26.3 Å². The first-order valence-corrected chi connectivity index (χ1v) is 8.15. The highest BCUT2D eigenvalue weighted by molar-refractivity contribution is 6.33. The number of carbonyl (C=O) groups is 1. The van der Waals surface area contributed by atoms with Gasteiger partial charge >= 0.3 is 5.97 Å². The molecule has 140 valence electrons. The minimum absolute atomic E-state index is 0.132. The van der Waals surface area contributed by atoms with Crippen molar-refractivity contribution in [2.45, 2.75) is 13.5 Å². The second-order valence-electron chi connectivity index (χ2n) is 5.12. The Balaban J connectivity index is 2.20. The standard InChI is InChI=1S/C18H19ClFNO5/c1-3-24-18(22)10-26-16-7-12(19)14(21)8-17(16)25-9-11-13(20)5-4-6-15(11)23-2/h4-8H,3,9-10,21H2,1-2H3. The molecule has 8 heteroatoms. The molecule has 0 atom stereocenters. The highest BCUT2D eigenvalue weighted by Gasteiger charge is 2.15. The maximum Gasteiger partial charge on any atom is 0.344 e. The van der Waals surface area contributed by atoms with Gasteiger partial charge in [0, 0.05) is 12.1 Å². The van der Waals surface area contributed by atoms with Gasteiger partial charge in [-0.2, -0.15) is 0 Å². The first-order valence-electron chi connectivity index (χ1n) is 7.77. The lowest BCUT2D eigenvalue weighted by molar-refractivity contribution is -0.145. The van der Waals surface area contributed by atoms with Gasteiger partial charge in [-0.25, -0.2) is 9.18 Å². The normalized spacial score (nSPS) is 10.3. The number of nitrogen functional groups attached to an aromatic ring is 1. The van der Waals surface area contributed by atoms with Crippen molar-refractivity contribution in [2.24, 2.45) is 0 Å². The van der Waals surface area contributed by atoms with Crippen molar-refractivity contribution < 1.29 is 28.1 Å². The molecule has 0 saturated heterocycles. The quantitative estimate of drug-likeness (QED) is 0.554. The molecule has 0 spiro atoms.